The van der Waals surface area contributed by atoms with Crippen LogP contribution in [0, 0.1) is 5.92 Å². The Kier molecular flexibility index (Phi) is 3.09. The molecule has 0 aromatic carbocycles. The molecule has 0 unspecified atom stereocenters. The molecule has 1 aromatic heterocycles. The van der Waals surface area contributed by atoms with Gasteiger partial charge in [-0.3, -0.25) is 9.78 Å². The van der Waals surface area contributed by atoms with Crippen molar-refractivity contribution in [2.24, 2.45) is 5.92 Å². The van der Waals surface area contributed by atoms with Crippen LogP contribution in [-0.2, 0) is 0 Å². The summed E-state index contributed by atoms with van der Waals surface area (Å²) in [6.45, 7) is -0.285. The zero-order valence-corrected chi connectivity index (χ0v) is 8.85. The first kappa shape index (κ1) is 12.0. The van der Waals surface area contributed by atoms with Crippen molar-refractivity contribution in [1.82, 2.24) is 14.8 Å². The maximum Gasteiger partial charge on any atom is 0.345 e. The van der Waals surface area contributed by atoms with Gasteiger partial charge in [-0.25, -0.2) is 9.48 Å². The van der Waals surface area contributed by atoms with E-state index in [1.807, 2.05) is 4.98 Å². The van der Waals surface area contributed by atoms with Crippen molar-refractivity contribution in [2.45, 2.75) is 24.7 Å². The van der Waals surface area contributed by atoms with E-state index in [9.17, 15) is 19.8 Å². The van der Waals surface area contributed by atoms with Gasteiger partial charge in [0.1, 0.15) is 12.3 Å². The maximum absolute atomic E-state index is 11.5. The quantitative estimate of drug-likeness (QED) is 0.444. The Hall–Kier alpha value is -1.51. The third-order valence-electron chi connectivity index (χ3n) is 3.06. The van der Waals surface area contributed by atoms with Crippen LogP contribution < -0.4 is 11.2 Å². The van der Waals surface area contributed by atoms with Gasteiger partial charge in [0.2, 0.25) is 0 Å². The van der Waals surface area contributed by atoms with Crippen LogP contribution >= 0.6 is 0 Å². The molecule has 0 radical (unpaired) electrons. The molecule has 1 heterocycles. The summed E-state index contributed by atoms with van der Waals surface area (Å²) in [5.41, 5.74) is -1.37. The number of aromatic nitrogens is 3. The van der Waals surface area contributed by atoms with E-state index >= 15 is 0 Å². The van der Waals surface area contributed by atoms with Gasteiger partial charge < -0.3 is 15.3 Å². The molecule has 8 heteroatoms. The minimum absolute atomic E-state index is 0.220. The summed E-state index contributed by atoms with van der Waals surface area (Å²) in [6, 6.07) is -0.744. The highest BCUT2D eigenvalue weighted by molar-refractivity contribution is 4.94. The predicted octanol–water partition coefficient (Wildman–Crippen LogP) is -2.79. The second kappa shape index (κ2) is 4.40. The highest BCUT2D eigenvalue weighted by Gasteiger charge is 2.43. The molecule has 4 atom stereocenters. The largest absolute Gasteiger partial charge is 0.396 e. The van der Waals surface area contributed by atoms with Gasteiger partial charge >= 0.3 is 5.69 Å². The van der Waals surface area contributed by atoms with Crippen LogP contribution in [0.5, 0.6) is 0 Å². The molecule has 0 saturated heterocycles. The molecule has 0 aliphatic heterocycles. The molecule has 8 nitrogen and oxygen atoms in total. The molecule has 94 valence electrons. The number of aliphatic hydroxyl groups excluding tert-OH is 3. The lowest BCUT2D eigenvalue weighted by Crippen LogP contribution is -2.38. The Morgan fingerprint density at radius 2 is 2.12 bits per heavy atom. The molecule has 0 amide bonds. The molecule has 2 rings (SSSR count). The maximum atomic E-state index is 11.5. The van der Waals surface area contributed by atoms with E-state index in [2.05, 4.69) is 5.10 Å². The van der Waals surface area contributed by atoms with Gasteiger partial charge in [0.25, 0.3) is 5.56 Å². The topological polar surface area (TPSA) is 128 Å². The van der Waals surface area contributed by atoms with Crippen LogP contribution in [0.3, 0.4) is 0 Å². The summed E-state index contributed by atoms with van der Waals surface area (Å²) in [7, 11) is 0. The zero-order valence-electron chi connectivity index (χ0n) is 8.85. The van der Waals surface area contributed by atoms with Crippen molar-refractivity contribution >= 4 is 0 Å². The van der Waals surface area contributed by atoms with Gasteiger partial charge in [0.05, 0.1) is 12.1 Å². The average Bonchev–Trinajstić information content (AvgIpc) is 2.57. The average molecular weight is 243 g/mol. The molecule has 0 spiro atoms. The molecule has 1 aliphatic rings. The smallest absolute Gasteiger partial charge is 0.345 e. The summed E-state index contributed by atoms with van der Waals surface area (Å²) in [5, 5.41) is 32.0. The Labute approximate surface area is 95.2 Å². The van der Waals surface area contributed by atoms with Crippen LogP contribution in [0.1, 0.15) is 12.5 Å². The Morgan fingerprint density at radius 1 is 1.41 bits per heavy atom. The number of aromatic amines is 1. The first-order valence-electron chi connectivity index (χ1n) is 5.19. The van der Waals surface area contributed by atoms with Gasteiger partial charge in [-0.1, -0.05) is 0 Å². The number of rotatable bonds is 2. The lowest BCUT2D eigenvalue weighted by atomic mass is 10.1. The molecule has 1 aromatic rings. The molecule has 1 fully saturated rings. The van der Waals surface area contributed by atoms with Crippen LogP contribution in [0.25, 0.3) is 0 Å². The van der Waals surface area contributed by atoms with Crippen LogP contribution in [0.15, 0.2) is 15.8 Å². The lowest BCUT2D eigenvalue weighted by Gasteiger charge is -2.16. The minimum Gasteiger partial charge on any atom is -0.396 e. The fourth-order valence-corrected chi connectivity index (χ4v) is 2.12. The molecule has 4 N–H and O–H groups in total. The summed E-state index contributed by atoms with van der Waals surface area (Å²) in [6.07, 6.45) is -1.15. The van der Waals surface area contributed by atoms with Crippen molar-refractivity contribution in [3.8, 4) is 0 Å². The van der Waals surface area contributed by atoms with Gasteiger partial charge in [0.15, 0.2) is 0 Å². The second-order valence-corrected chi connectivity index (χ2v) is 4.11. The molecular formula is C9H13N3O5. The number of nitrogens with one attached hydrogen (secondary N) is 1. The fraction of sp³-hybridized carbons (Fsp3) is 0.667. The SMILES string of the molecule is O=c1cnn([C@H]2C[C@@H](CO)[C@H](O)[C@@H]2O)c(=O)[nH]1. The highest BCUT2D eigenvalue weighted by atomic mass is 16.3. The summed E-state index contributed by atoms with van der Waals surface area (Å²) >= 11 is 0. The van der Waals surface area contributed by atoms with E-state index in [1.54, 1.807) is 0 Å². The summed E-state index contributed by atoms with van der Waals surface area (Å²) in [4.78, 5) is 24.3. The highest BCUT2D eigenvalue weighted by Crippen LogP contribution is 2.33. The number of nitrogens with zero attached hydrogens (tertiary/aromatic N) is 2. The van der Waals surface area contributed by atoms with Crippen LogP contribution in [-0.4, -0.2) is 48.9 Å². The molecule has 1 aliphatic carbocycles. The Balaban J connectivity index is 2.35. The number of aliphatic hydroxyl groups is 3. The third-order valence-corrected chi connectivity index (χ3v) is 3.06. The van der Waals surface area contributed by atoms with Crippen molar-refractivity contribution in [1.29, 1.82) is 0 Å². The molecule has 0 bridgehead atoms. The number of hydrogen-bond acceptors (Lipinski definition) is 6. The van der Waals surface area contributed by atoms with E-state index in [0.29, 0.717) is 0 Å². The van der Waals surface area contributed by atoms with Crippen molar-refractivity contribution < 1.29 is 15.3 Å². The normalized spacial score (nSPS) is 32.9. The summed E-state index contributed by atoms with van der Waals surface area (Å²) < 4.78 is 0.922. The Morgan fingerprint density at radius 3 is 2.65 bits per heavy atom. The van der Waals surface area contributed by atoms with Gasteiger partial charge in [-0.05, 0) is 6.42 Å². The third kappa shape index (κ3) is 2.02. The molecule has 17 heavy (non-hydrogen) atoms. The Bertz CT molecular complexity index is 510. The van der Waals surface area contributed by atoms with Gasteiger partial charge in [-0.15, -0.1) is 0 Å². The molecular weight excluding hydrogens is 230 g/mol. The standard InChI is InChI=1S/C9H13N3O5/c13-3-4-1-5(8(16)7(4)15)12-9(17)11-6(14)2-10-12/h2,4-5,7-8,13,15-16H,1,3H2,(H,11,14,17)/t4-,5-,7-,8+/m0/s1. The van der Waals surface area contributed by atoms with Crippen molar-refractivity contribution in [3.63, 3.8) is 0 Å². The van der Waals surface area contributed by atoms with Crippen LogP contribution in [0.2, 0.25) is 0 Å². The molecule has 1 saturated carbocycles. The van der Waals surface area contributed by atoms with Crippen molar-refractivity contribution in [3.05, 3.63) is 27.0 Å². The van der Waals surface area contributed by atoms with Crippen LogP contribution in [0.4, 0.5) is 0 Å². The number of hydrogen-bond donors (Lipinski definition) is 4. The van der Waals surface area contributed by atoms with Gasteiger partial charge in [-0.2, -0.15) is 5.10 Å². The predicted molar refractivity (Wildman–Crippen MR) is 55.4 cm³/mol. The first-order chi connectivity index (χ1) is 8.04. The number of H-pyrrole nitrogens is 1. The van der Waals surface area contributed by atoms with E-state index in [1.165, 1.54) is 0 Å². The van der Waals surface area contributed by atoms with Gasteiger partial charge in [0, 0.05) is 12.5 Å². The monoisotopic (exact) mass is 243 g/mol. The second-order valence-electron chi connectivity index (χ2n) is 4.11. The fourth-order valence-electron chi connectivity index (χ4n) is 2.12. The minimum atomic E-state index is -1.19. The van der Waals surface area contributed by atoms with E-state index in [4.69, 9.17) is 5.11 Å². The zero-order chi connectivity index (χ0) is 12.6. The van der Waals surface area contributed by atoms with E-state index < -0.39 is 35.4 Å². The lowest BCUT2D eigenvalue weighted by molar-refractivity contribution is -0.00611. The summed E-state index contributed by atoms with van der Waals surface area (Å²) in [5.74, 6) is -0.504. The first-order valence-corrected chi connectivity index (χ1v) is 5.19. The van der Waals surface area contributed by atoms with Crippen molar-refractivity contribution in [2.75, 3.05) is 6.61 Å². The van der Waals surface area contributed by atoms with E-state index in [-0.39, 0.29) is 13.0 Å². The van der Waals surface area contributed by atoms with E-state index in [0.717, 1.165) is 10.9 Å².